The maximum atomic E-state index is 4.46. The Kier molecular flexibility index (Phi) is 3.28. The van der Waals surface area contributed by atoms with E-state index in [4.69, 9.17) is 0 Å². The molecule has 0 unspecified atom stereocenters. The van der Waals surface area contributed by atoms with Gasteiger partial charge in [0.15, 0.2) is 0 Å². The summed E-state index contributed by atoms with van der Waals surface area (Å²) in [6.45, 7) is 4.64. The normalized spacial score (nSPS) is 16.8. The van der Waals surface area contributed by atoms with E-state index in [0.29, 0.717) is 0 Å². The SMILES string of the molecule is CC1CCN(c2cnn(C)c2-c2ccccc2)CC1. The molecule has 0 atom stereocenters. The minimum atomic E-state index is 0.855. The number of hydrogen-bond acceptors (Lipinski definition) is 2. The lowest BCUT2D eigenvalue weighted by molar-refractivity contribution is 0.438. The lowest BCUT2D eigenvalue weighted by Gasteiger charge is -2.32. The van der Waals surface area contributed by atoms with E-state index in [-0.39, 0.29) is 0 Å². The van der Waals surface area contributed by atoms with Gasteiger partial charge in [0.2, 0.25) is 0 Å². The number of aromatic nitrogens is 2. The summed E-state index contributed by atoms with van der Waals surface area (Å²) >= 11 is 0. The van der Waals surface area contributed by atoms with Crippen molar-refractivity contribution in [3.63, 3.8) is 0 Å². The van der Waals surface area contributed by atoms with Gasteiger partial charge >= 0.3 is 0 Å². The number of hydrogen-bond donors (Lipinski definition) is 0. The maximum Gasteiger partial charge on any atom is 0.0912 e. The molecule has 2 aromatic rings. The molecular weight excluding hydrogens is 234 g/mol. The van der Waals surface area contributed by atoms with E-state index in [1.54, 1.807) is 0 Å². The molecule has 0 amide bonds. The molecule has 1 saturated heterocycles. The Morgan fingerprint density at radius 3 is 2.47 bits per heavy atom. The third-order valence-corrected chi connectivity index (χ3v) is 4.09. The average Bonchev–Trinajstić information content (AvgIpc) is 2.82. The molecule has 1 aromatic heterocycles. The van der Waals surface area contributed by atoms with Gasteiger partial charge in [0.05, 0.1) is 17.6 Å². The van der Waals surface area contributed by atoms with Crippen molar-refractivity contribution in [1.29, 1.82) is 0 Å². The van der Waals surface area contributed by atoms with Crippen molar-refractivity contribution in [3.05, 3.63) is 36.5 Å². The minimum Gasteiger partial charge on any atom is -0.368 e. The summed E-state index contributed by atoms with van der Waals surface area (Å²) in [6.07, 6.45) is 4.57. The summed E-state index contributed by atoms with van der Waals surface area (Å²) in [5.41, 5.74) is 3.76. The van der Waals surface area contributed by atoms with Crippen LogP contribution in [0.25, 0.3) is 11.3 Å². The average molecular weight is 255 g/mol. The van der Waals surface area contributed by atoms with Crippen LogP contribution >= 0.6 is 0 Å². The van der Waals surface area contributed by atoms with Crippen LogP contribution in [0.1, 0.15) is 19.8 Å². The van der Waals surface area contributed by atoms with Crippen LogP contribution in [0.4, 0.5) is 5.69 Å². The Morgan fingerprint density at radius 2 is 1.79 bits per heavy atom. The third-order valence-electron chi connectivity index (χ3n) is 4.09. The second-order valence-corrected chi connectivity index (χ2v) is 5.54. The van der Waals surface area contributed by atoms with Gasteiger partial charge in [-0.15, -0.1) is 0 Å². The monoisotopic (exact) mass is 255 g/mol. The molecule has 0 radical (unpaired) electrons. The molecule has 0 aliphatic carbocycles. The Morgan fingerprint density at radius 1 is 1.11 bits per heavy atom. The van der Waals surface area contributed by atoms with Crippen LogP contribution in [-0.2, 0) is 7.05 Å². The van der Waals surface area contributed by atoms with Crippen molar-refractivity contribution < 1.29 is 0 Å². The van der Waals surface area contributed by atoms with Gasteiger partial charge in [-0.05, 0) is 18.8 Å². The minimum absolute atomic E-state index is 0.855. The topological polar surface area (TPSA) is 21.1 Å². The lowest BCUT2D eigenvalue weighted by Crippen LogP contribution is -2.32. The quantitative estimate of drug-likeness (QED) is 0.820. The van der Waals surface area contributed by atoms with Gasteiger partial charge in [0, 0.05) is 25.7 Å². The fourth-order valence-electron chi connectivity index (χ4n) is 2.84. The third kappa shape index (κ3) is 2.37. The lowest BCUT2D eigenvalue weighted by atomic mass is 9.98. The van der Waals surface area contributed by atoms with E-state index in [1.807, 2.05) is 17.9 Å². The zero-order valence-electron chi connectivity index (χ0n) is 11.7. The number of anilines is 1. The molecule has 1 aliphatic heterocycles. The first-order valence-electron chi connectivity index (χ1n) is 7.08. The summed E-state index contributed by atoms with van der Waals surface area (Å²) in [6, 6.07) is 10.6. The number of piperidine rings is 1. The van der Waals surface area contributed by atoms with Crippen LogP contribution in [0, 0.1) is 5.92 Å². The van der Waals surface area contributed by atoms with Gasteiger partial charge in [-0.1, -0.05) is 37.3 Å². The molecule has 1 aliphatic rings. The largest absolute Gasteiger partial charge is 0.368 e. The van der Waals surface area contributed by atoms with Gasteiger partial charge in [-0.2, -0.15) is 5.10 Å². The molecule has 0 saturated carbocycles. The van der Waals surface area contributed by atoms with Crippen molar-refractivity contribution in [1.82, 2.24) is 9.78 Å². The van der Waals surface area contributed by atoms with Gasteiger partial charge < -0.3 is 4.90 Å². The molecule has 3 rings (SSSR count). The van der Waals surface area contributed by atoms with Crippen molar-refractivity contribution in [2.75, 3.05) is 18.0 Å². The number of rotatable bonds is 2. The molecule has 3 heteroatoms. The van der Waals surface area contributed by atoms with Gasteiger partial charge in [-0.25, -0.2) is 0 Å². The molecule has 3 nitrogen and oxygen atoms in total. The van der Waals surface area contributed by atoms with Crippen molar-refractivity contribution >= 4 is 5.69 Å². The van der Waals surface area contributed by atoms with Crippen LogP contribution in [0.5, 0.6) is 0 Å². The first-order chi connectivity index (χ1) is 9.25. The van der Waals surface area contributed by atoms with Crippen LogP contribution < -0.4 is 4.90 Å². The fourth-order valence-corrected chi connectivity index (χ4v) is 2.84. The van der Waals surface area contributed by atoms with Crippen LogP contribution in [0.2, 0.25) is 0 Å². The molecule has 2 heterocycles. The standard InChI is InChI=1S/C16H21N3/c1-13-8-10-19(11-9-13)15-12-17-18(2)16(15)14-6-4-3-5-7-14/h3-7,12-13H,8-11H2,1-2H3. The van der Waals surface area contributed by atoms with Crippen LogP contribution in [0.3, 0.4) is 0 Å². The Balaban J connectivity index is 1.95. The summed E-state index contributed by atoms with van der Waals surface area (Å²) in [4.78, 5) is 2.48. The molecule has 100 valence electrons. The second-order valence-electron chi connectivity index (χ2n) is 5.54. The predicted octanol–water partition coefficient (Wildman–Crippen LogP) is 3.32. The highest BCUT2D eigenvalue weighted by Crippen LogP contribution is 2.32. The van der Waals surface area contributed by atoms with E-state index in [0.717, 1.165) is 19.0 Å². The highest BCUT2D eigenvalue weighted by Gasteiger charge is 2.21. The predicted molar refractivity (Wildman–Crippen MR) is 79.3 cm³/mol. The van der Waals surface area contributed by atoms with Crippen molar-refractivity contribution in [2.45, 2.75) is 19.8 Å². The number of nitrogens with zero attached hydrogens (tertiary/aromatic N) is 3. The van der Waals surface area contributed by atoms with Gasteiger partial charge in [0.1, 0.15) is 0 Å². The highest BCUT2D eigenvalue weighted by atomic mass is 15.3. The maximum absolute atomic E-state index is 4.46. The van der Waals surface area contributed by atoms with Crippen molar-refractivity contribution in [3.8, 4) is 11.3 Å². The summed E-state index contributed by atoms with van der Waals surface area (Å²) in [5, 5.41) is 4.46. The molecule has 1 fully saturated rings. The van der Waals surface area contributed by atoms with Gasteiger partial charge in [0.25, 0.3) is 0 Å². The smallest absolute Gasteiger partial charge is 0.0912 e. The zero-order chi connectivity index (χ0) is 13.2. The van der Waals surface area contributed by atoms with E-state index < -0.39 is 0 Å². The summed E-state index contributed by atoms with van der Waals surface area (Å²) in [5.74, 6) is 0.855. The molecular formula is C16H21N3. The zero-order valence-corrected chi connectivity index (χ0v) is 11.7. The first-order valence-corrected chi connectivity index (χ1v) is 7.08. The summed E-state index contributed by atoms with van der Waals surface area (Å²) in [7, 11) is 2.03. The van der Waals surface area contributed by atoms with E-state index in [9.17, 15) is 0 Å². The van der Waals surface area contributed by atoms with E-state index in [2.05, 4.69) is 47.3 Å². The molecule has 1 aromatic carbocycles. The second kappa shape index (κ2) is 5.08. The Labute approximate surface area is 114 Å². The van der Waals surface area contributed by atoms with Crippen LogP contribution in [0.15, 0.2) is 36.5 Å². The van der Waals surface area contributed by atoms with Gasteiger partial charge in [-0.3, -0.25) is 4.68 Å². The molecule has 0 spiro atoms. The molecule has 0 N–H and O–H groups in total. The number of benzene rings is 1. The Hall–Kier alpha value is -1.77. The van der Waals surface area contributed by atoms with E-state index >= 15 is 0 Å². The first kappa shape index (κ1) is 12.3. The van der Waals surface area contributed by atoms with Crippen LogP contribution in [-0.4, -0.2) is 22.9 Å². The van der Waals surface area contributed by atoms with E-state index in [1.165, 1.54) is 29.8 Å². The Bertz CT molecular complexity index is 536. The van der Waals surface area contributed by atoms with Crippen molar-refractivity contribution in [2.24, 2.45) is 13.0 Å². The fraction of sp³-hybridized carbons (Fsp3) is 0.438. The number of aryl methyl sites for hydroxylation is 1. The summed E-state index contributed by atoms with van der Waals surface area (Å²) < 4.78 is 1.99. The highest BCUT2D eigenvalue weighted by molar-refractivity contribution is 5.75. The molecule has 19 heavy (non-hydrogen) atoms. The molecule has 0 bridgehead atoms.